The van der Waals surface area contributed by atoms with E-state index in [0.717, 1.165) is 22.3 Å². The van der Waals surface area contributed by atoms with Crippen LogP contribution in [0.15, 0.2) is 71.7 Å². The summed E-state index contributed by atoms with van der Waals surface area (Å²) in [5.74, 6) is -1.28. The van der Waals surface area contributed by atoms with Crippen molar-refractivity contribution in [1.82, 2.24) is 4.90 Å². The Morgan fingerprint density at radius 3 is 1.75 bits per heavy atom. The van der Waals surface area contributed by atoms with Crippen LogP contribution in [0.25, 0.3) is 11.1 Å². The van der Waals surface area contributed by atoms with Crippen LogP contribution in [0.2, 0.25) is 0 Å². The number of nitrogens with zero attached hydrogens (tertiary/aromatic N) is 2. The number of carbonyl (C=O) groups is 1. The summed E-state index contributed by atoms with van der Waals surface area (Å²) in [5, 5.41) is 0. The highest BCUT2D eigenvalue weighted by Crippen LogP contribution is 2.37. The molecule has 0 saturated carbocycles. The van der Waals surface area contributed by atoms with Crippen LogP contribution in [-0.4, -0.2) is 23.4 Å². The SMILES string of the molecule is CCOC(=NC(=O)c1cc(C(F)(F)F)cc(C(F)(F)F)c1)N1Cc2ccccc2-c2ccccc2C1. The van der Waals surface area contributed by atoms with E-state index in [1.54, 1.807) is 11.8 Å². The zero-order valence-electron chi connectivity index (χ0n) is 19.0. The van der Waals surface area contributed by atoms with Gasteiger partial charge in [0.05, 0.1) is 17.7 Å². The highest BCUT2D eigenvalue weighted by molar-refractivity contribution is 6.01. The van der Waals surface area contributed by atoms with Gasteiger partial charge in [-0.3, -0.25) is 4.79 Å². The van der Waals surface area contributed by atoms with E-state index in [0.29, 0.717) is 12.1 Å². The van der Waals surface area contributed by atoms with Crippen LogP contribution in [0.4, 0.5) is 26.3 Å². The van der Waals surface area contributed by atoms with Crippen molar-refractivity contribution in [3.05, 3.63) is 94.5 Å². The normalized spacial score (nSPS) is 14.1. The third kappa shape index (κ3) is 5.37. The molecule has 0 unspecified atom stereocenters. The summed E-state index contributed by atoms with van der Waals surface area (Å²) in [7, 11) is 0. The minimum atomic E-state index is -5.08. The molecule has 0 N–H and O–H groups in total. The highest BCUT2D eigenvalue weighted by atomic mass is 19.4. The molecule has 0 aromatic heterocycles. The molecule has 0 bridgehead atoms. The lowest BCUT2D eigenvalue weighted by Crippen LogP contribution is -2.32. The average molecular weight is 506 g/mol. The molecular weight excluding hydrogens is 486 g/mol. The van der Waals surface area contributed by atoms with E-state index in [1.807, 2.05) is 48.5 Å². The quantitative estimate of drug-likeness (QED) is 0.215. The minimum Gasteiger partial charge on any atom is -0.465 e. The molecule has 0 aliphatic carbocycles. The number of halogens is 6. The molecule has 0 fully saturated rings. The van der Waals surface area contributed by atoms with E-state index >= 15 is 0 Å². The van der Waals surface area contributed by atoms with Crippen LogP contribution in [-0.2, 0) is 30.2 Å². The van der Waals surface area contributed by atoms with Crippen LogP contribution in [0.5, 0.6) is 0 Å². The fourth-order valence-corrected chi connectivity index (χ4v) is 4.00. The standard InChI is InChI=1S/C26H20F6N2O2/c1-2-36-24(33-23(35)18-11-19(25(27,28)29)13-20(12-18)26(30,31)32)34-14-16-7-3-5-9-21(16)22-10-6-4-8-17(22)15-34/h3-13H,2,14-15H2,1H3. The first-order chi connectivity index (χ1) is 17.0. The molecule has 3 aromatic carbocycles. The second-order valence-electron chi connectivity index (χ2n) is 8.10. The smallest absolute Gasteiger partial charge is 0.416 e. The van der Waals surface area contributed by atoms with E-state index in [9.17, 15) is 31.1 Å². The Balaban J connectivity index is 1.77. The van der Waals surface area contributed by atoms with Crippen molar-refractivity contribution in [2.45, 2.75) is 32.4 Å². The lowest BCUT2D eigenvalue weighted by atomic mass is 9.97. The average Bonchev–Trinajstić information content (AvgIpc) is 2.99. The van der Waals surface area contributed by atoms with Crippen LogP contribution >= 0.6 is 0 Å². The van der Waals surface area contributed by atoms with Gasteiger partial charge in [-0.15, -0.1) is 0 Å². The highest BCUT2D eigenvalue weighted by Gasteiger charge is 2.37. The van der Waals surface area contributed by atoms with Crippen molar-refractivity contribution in [1.29, 1.82) is 0 Å². The molecule has 1 heterocycles. The van der Waals surface area contributed by atoms with Gasteiger partial charge in [0.15, 0.2) is 0 Å². The second kappa shape index (κ2) is 9.67. The molecule has 0 saturated heterocycles. The summed E-state index contributed by atoms with van der Waals surface area (Å²) in [4.78, 5) is 18.3. The van der Waals surface area contributed by atoms with Gasteiger partial charge in [0.25, 0.3) is 11.9 Å². The van der Waals surface area contributed by atoms with Crippen LogP contribution in [0.3, 0.4) is 0 Å². The van der Waals surface area contributed by atoms with Gasteiger partial charge in [0.1, 0.15) is 0 Å². The summed E-state index contributed by atoms with van der Waals surface area (Å²) >= 11 is 0. The molecule has 3 aromatic rings. The number of amidine groups is 1. The molecule has 4 rings (SSSR count). The van der Waals surface area contributed by atoms with Gasteiger partial charge in [-0.25, -0.2) is 0 Å². The van der Waals surface area contributed by atoms with Crippen LogP contribution in [0.1, 0.15) is 39.5 Å². The number of fused-ring (bicyclic) bond motifs is 3. The molecule has 1 amide bonds. The number of ether oxygens (including phenoxy) is 1. The zero-order valence-corrected chi connectivity index (χ0v) is 19.0. The number of carbonyl (C=O) groups excluding carboxylic acids is 1. The first kappa shape index (κ1) is 25.3. The van der Waals surface area contributed by atoms with E-state index in [2.05, 4.69) is 4.99 Å². The number of rotatable bonds is 2. The summed E-state index contributed by atoms with van der Waals surface area (Å²) in [5.41, 5.74) is -0.319. The first-order valence-electron chi connectivity index (χ1n) is 10.9. The molecule has 4 nitrogen and oxygen atoms in total. The number of amides is 1. The minimum absolute atomic E-state index is 0.0351. The maximum absolute atomic E-state index is 13.3. The van der Waals surface area contributed by atoms with Crippen LogP contribution in [0, 0.1) is 0 Å². The van der Waals surface area contributed by atoms with Crippen molar-refractivity contribution >= 4 is 11.9 Å². The van der Waals surface area contributed by atoms with Crippen molar-refractivity contribution in [2.24, 2.45) is 4.99 Å². The Morgan fingerprint density at radius 1 is 0.833 bits per heavy atom. The Bertz CT molecular complexity index is 1230. The molecule has 36 heavy (non-hydrogen) atoms. The van der Waals surface area contributed by atoms with E-state index in [4.69, 9.17) is 4.74 Å². The summed E-state index contributed by atoms with van der Waals surface area (Å²) < 4.78 is 85.1. The van der Waals surface area contributed by atoms with Gasteiger partial charge in [-0.05, 0) is 47.4 Å². The van der Waals surface area contributed by atoms with Gasteiger partial charge in [0.2, 0.25) is 0 Å². The molecule has 0 spiro atoms. The number of hydrogen-bond donors (Lipinski definition) is 0. The Labute approximate surface area is 202 Å². The van der Waals surface area contributed by atoms with Gasteiger partial charge in [-0.1, -0.05) is 48.5 Å². The summed E-state index contributed by atoms with van der Waals surface area (Å²) in [6, 6.07) is 15.6. The lowest BCUT2D eigenvalue weighted by Gasteiger charge is -2.24. The monoisotopic (exact) mass is 506 g/mol. The second-order valence-corrected chi connectivity index (χ2v) is 8.10. The maximum Gasteiger partial charge on any atom is 0.416 e. The number of hydrogen-bond acceptors (Lipinski definition) is 2. The Kier molecular flexibility index (Phi) is 6.79. The molecule has 10 heteroatoms. The van der Waals surface area contributed by atoms with E-state index in [-0.39, 0.29) is 31.8 Å². The molecule has 1 aliphatic rings. The van der Waals surface area contributed by atoms with E-state index < -0.39 is 35.0 Å². The molecule has 1 aliphatic heterocycles. The third-order valence-corrected chi connectivity index (χ3v) is 5.62. The van der Waals surface area contributed by atoms with Crippen molar-refractivity contribution in [2.75, 3.05) is 6.61 Å². The Hall–Kier alpha value is -3.82. The lowest BCUT2D eigenvalue weighted by molar-refractivity contribution is -0.143. The van der Waals surface area contributed by atoms with Crippen molar-refractivity contribution in [3.8, 4) is 11.1 Å². The predicted octanol–water partition coefficient (Wildman–Crippen LogP) is 6.94. The summed E-state index contributed by atoms with van der Waals surface area (Å²) in [6.45, 7) is 2.22. The van der Waals surface area contributed by atoms with Crippen LogP contribution < -0.4 is 0 Å². The largest absolute Gasteiger partial charge is 0.465 e. The third-order valence-electron chi connectivity index (χ3n) is 5.62. The number of alkyl halides is 6. The van der Waals surface area contributed by atoms with Gasteiger partial charge >= 0.3 is 12.4 Å². The van der Waals surface area contributed by atoms with Crippen molar-refractivity contribution < 1.29 is 35.9 Å². The zero-order chi connectivity index (χ0) is 26.1. The fourth-order valence-electron chi connectivity index (χ4n) is 4.00. The van der Waals surface area contributed by atoms with Gasteiger partial charge in [-0.2, -0.15) is 31.3 Å². The Morgan fingerprint density at radius 2 is 1.31 bits per heavy atom. The van der Waals surface area contributed by atoms with E-state index in [1.165, 1.54) is 0 Å². The van der Waals surface area contributed by atoms with Gasteiger partial charge < -0.3 is 9.64 Å². The summed E-state index contributed by atoms with van der Waals surface area (Å²) in [6.07, 6.45) is -10.2. The molecule has 188 valence electrons. The molecule has 0 radical (unpaired) electrons. The maximum atomic E-state index is 13.3. The van der Waals surface area contributed by atoms with Gasteiger partial charge in [0, 0.05) is 18.7 Å². The fraction of sp³-hybridized carbons (Fsp3) is 0.231. The van der Waals surface area contributed by atoms with Crippen molar-refractivity contribution in [3.63, 3.8) is 0 Å². The first-order valence-corrected chi connectivity index (χ1v) is 10.9. The molecule has 0 atom stereocenters. The molecular formula is C26H20F6N2O2. The predicted molar refractivity (Wildman–Crippen MR) is 121 cm³/mol. The number of aliphatic imine (C=N–C) groups is 1. The topological polar surface area (TPSA) is 41.9 Å². The number of benzene rings is 3.